The first kappa shape index (κ1) is 21.6. The number of rotatable bonds is 6. The van der Waals surface area contributed by atoms with Crippen molar-refractivity contribution in [2.75, 3.05) is 6.61 Å². The highest BCUT2D eigenvalue weighted by Crippen LogP contribution is 2.49. The van der Waals surface area contributed by atoms with Crippen molar-refractivity contribution in [3.8, 4) is 0 Å². The number of phosphoric acid groups is 1. The van der Waals surface area contributed by atoms with E-state index in [0.29, 0.717) is 5.57 Å². The first-order valence-corrected chi connectivity index (χ1v) is 9.65. The van der Waals surface area contributed by atoms with Crippen molar-refractivity contribution in [1.29, 1.82) is 0 Å². The van der Waals surface area contributed by atoms with Gasteiger partial charge in [-0.1, -0.05) is 19.4 Å². The molecule has 0 bridgehead atoms. The Bertz CT molecular complexity index is 765. The van der Waals surface area contributed by atoms with Crippen LogP contribution in [0, 0.1) is 5.41 Å². The molecule has 10 nitrogen and oxygen atoms in total. The number of carbonyl (C=O) groups is 2. The van der Waals surface area contributed by atoms with E-state index in [1.807, 2.05) is 20.8 Å². The number of carbonyl (C=O) groups excluding carboxylic acids is 2. The van der Waals surface area contributed by atoms with Gasteiger partial charge in [0.2, 0.25) is 5.76 Å². The third-order valence-electron chi connectivity index (χ3n) is 4.89. The van der Waals surface area contributed by atoms with Gasteiger partial charge in [0.25, 0.3) is 0 Å². The van der Waals surface area contributed by atoms with Crippen LogP contribution in [0.2, 0.25) is 0 Å². The predicted octanol–water partition coefficient (Wildman–Crippen LogP) is 1.44. The second kappa shape index (κ2) is 7.37. The van der Waals surface area contributed by atoms with E-state index >= 15 is 0 Å². The van der Waals surface area contributed by atoms with Gasteiger partial charge in [0.15, 0.2) is 17.6 Å². The Morgan fingerprint density at radius 3 is 2.41 bits per heavy atom. The summed E-state index contributed by atoms with van der Waals surface area (Å²) in [6, 6.07) is 0. The van der Waals surface area contributed by atoms with Gasteiger partial charge in [-0.2, -0.15) is 0 Å². The molecule has 0 radical (unpaired) electrons. The molecule has 1 heterocycles. The second-order valence-corrected chi connectivity index (χ2v) is 8.59. The Morgan fingerprint density at radius 2 is 1.89 bits per heavy atom. The van der Waals surface area contributed by atoms with Crippen LogP contribution in [0.4, 0.5) is 0 Å². The molecule has 0 aromatic carbocycles. The molecule has 0 saturated heterocycles. The second-order valence-electron chi connectivity index (χ2n) is 7.19. The van der Waals surface area contributed by atoms with Gasteiger partial charge in [0, 0.05) is 0 Å². The zero-order valence-corrected chi connectivity index (χ0v) is 16.2. The van der Waals surface area contributed by atoms with Crippen molar-refractivity contribution in [1.82, 2.24) is 0 Å². The molecule has 1 aliphatic carbocycles. The maximum Gasteiger partial charge on any atom is 0.472 e. The maximum atomic E-state index is 12.3. The number of cyclic esters (lactones) is 1. The van der Waals surface area contributed by atoms with Gasteiger partial charge >= 0.3 is 13.8 Å². The van der Waals surface area contributed by atoms with Crippen molar-refractivity contribution < 1.29 is 48.2 Å². The topological polar surface area (TPSA) is 160 Å². The lowest BCUT2D eigenvalue weighted by Gasteiger charge is -2.36. The first-order chi connectivity index (χ1) is 12.3. The average Bonchev–Trinajstić information content (AvgIpc) is 2.83. The predicted molar refractivity (Wildman–Crippen MR) is 90.6 cm³/mol. The molecule has 0 amide bonds. The molecular weight excluding hydrogens is 383 g/mol. The van der Waals surface area contributed by atoms with Gasteiger partial charge in [-0.25, -0.2) is 9.36 Å². The highest BCUT2D eigenvalue weighted by Gasteiger charge is 2.43. The zero-order valence-electron chi connectivity index (χ0n) is 15.3. The van der Waals surface area contributed by atoms with Crippen molar-refractivity contribution in [2.45, 2.75) is 52.4 Å². The molecule has 4 atom stereocenters. The lowest BCUT2D eigenvalue weighted by molar-refractivity contribution is -0.147. The summed E-state index contributed by atoms with van der Waals surface area (Å²) < 4.78 is 26.3. The molecule has 0 spiro atoms. The molecule has 0 fully saturated rings. The fourth-order valence-corrected chi connectivity index (χ4v) is 3.80. The molecule has 11 heteroatoms. The number of esters is 1. The molecule has 3 unspecified atom stereocenters. The van der Waals surface area contributed by atoms with Crippen LogP contribution in [0.1, 0.15) is 34.1 Å². The number of phosphoric ester groups is 1. The van der Waals surface area contributed by atoms with E-state index in [4.69, 9.17) is 4.52 Å². The Balaban J connectivity index is 2.01. The fraction of sp³-hybridized carbons (Fsp3) is 0.625. The van der Waals surface area contributed by atoms with Gasteiger partial charge in [-0.15, -0.1) is 0 Å². The summed E-state index contributed by atoms with van der Waals surface area (Å²) in [5.74, 6) is -3.64. The molecule has 0 saturated carbocycles. The molecule has 2 aliphatic rings. The molecule has 0 aromatic heterocycles. The summed E-state index contributed by atoms with van der Waals surface area (Å²) >= 11 is 0. The minimum Gasteiger partial charge on any atom is -0.505 e. The number of hydrogen-bond acceptors (Lipinski definition) is 9. The van der Waals surface area contributed by atoms with E-state index in [1.54, 1.807) is 6.92 Å². The van der Waals surface area contributed by atoms with Crippen LogP contribution in [-0.2, 0) is 27.9 Å². The highest BCUT2D eigenvalue weighted by molar-refractivity contribution is 7.47. The first-order valence-electron chi connectivity index (χ1n) is 8.16. The molecular formula is C16H23O10P. The summed E-state index contributed by atoms with van der Waals surface area (Å²) in [4.78, 5) is 33.3. The van der Waals surface area contributed by atoms with Crippen LogP contribution >= 0.6 is 7.82 Å². The van der Waals surface area contributed by atoms with Crippen molar-refractivity contribution >= 4 is 19.6 Å². The van der Waals surface area contributed by atoms with Crippen LogP contribution in [0.25, 0.3) is 0 Å². The van der Waals surface area contributed by atoms with Crippen molar-refractivity contribution in [3.05, 3.63) is 22.7 Å². The minimum absolute atomic E-state index is 0.170. The number of aliphatic hydroxyl groups is 3. The van der Waals surface area contributed by atoms with E-state index in [2.05, 4.69) is 9.26 Å². The van der Waals surface area contributed by atoms with Gasteiger partial charge in [-0.05, 0) is 31.3 Å². The molecule has 152 valence electrons. The van der Waals surface area contributed by atoms with Gasteiger partial charge in [0.1, 0.15) is 12.2 Å². The van der Waals surface area contributed by atoms with Crippen LogP contribution in [0.3, 0.4) is 0 Å². The standard InChI is InChI=1S/C16H23O10P/c1-7-8(2)16(3,4)5-10(11(7)18)26-27(22,23)24-6-9(17)14-12(19)13(20)15(21)25-14/h9-10,14,17,19-20H,5-6H2,1-4H3,(H,22,23)/t9-,10?,14?/m0/s1. The van der Waals surface area contributed by atoms with E-state index in [-0.39, 0.29) is 6.42 Å². The molecule has 0 aromatic rings. The number of Topliss-reactive ketones (excluding diaryl/α,β-unsaturated/α-hetero) is 1. The number of ether oxygens (including phenoxy) is 1. The largest absolute Gasteiger partial charge is 0.505 e. The van der Waals surface area contributed by atoms with Crippen molar-refractivity contribution in [3.63, 3.8) is 0 Å². The van der Waals surface area contributed by atoms with E-state index in [0.717, 1.165) is 5.57 Å². The quantitative estimate of drug-likeness (QED) is 0.375. The third kappa shape index (κ3) is 4.41. The van der Waals surface area contributed by atoms with E-state index in [9.17, 15) is 34.4 Å². The lowest BCUT2D eigenvalue weighted by atomic mass is 9.72. The van der Waals surface area contributed by atoms with E-state index in [1.165, 1.54) is 0 Å². The number of ketones is 1. The Hall–Kier alpha value is -1.71. The number of aliphatic hydroxyl groups excluding tert-OH is 3. The fourth-order valence-electron chi connectivity index (χ4n) is 2.90. The third-order valence-corrected chi connectivity index (χ3v) is 5.89. The van der Waals surface area contributed by atoms with Crippen LogP contribution in [0.15, 0.2) is 22.7 Å². The summed E-state index contributed by atoms with van der Waals surface area (Å²) in [6.07, 6.45) is -4.41. The molecule has 4 N–H and O–H groups in total. The average molecular weight is 406 g/mol. The van der Waals surface area contributed by atoms with Gasteiger partial charge < -0.3 is 24.9 Å². The van der Waals surface area contributed by atoms with Gasteiger partial charge in [0.05, 0.1) is 6.61 Å². The lowest BCUT2D eigenvalue weighted by Crippen LogP contribution is -2.37. The smallest absolute Gasteiger partial charge is 0.472 e. The summed E-state index contributed by atoms with van der Waals surface area (Å²) in [6.45, 7) is 6.31. The summed E-state index contributed by atoms with van der Waals surface area (Å²) in [7, 11) is -4.75. The number of hydrogen-bond donors (Lipinski definition) is 4. The van der Waals surface area contributed by atoms with Crippen molar-refractivity contribution in [2.24, 2.45) is 5.41 Å². The summed E-state index contributed by atoms with van der Waals surface area (Å²) in [5, 5.41) is 28.5. The zero-order chi connectivity index (χ0) is 20.7. The highest BCUT2D eigenvalue weighted by atomic mass is 31.2. The maximum absolute atomic E-state index is 12.3. The normalized spacial score (nSPS) is 29.0. The molecule has 2 rings (SSSR count). The van der Waals surface area contributed by atoms with Gasteiger partial charge in [-0.3, -0.25) is 13.8 Å². The van der Waals surface area contributed by atoms with Crippen LogP contribution in [-0.4, -0.2) is 56.9 Å². The number of allylic oxidation sites excluding steroid dienone is 1. The SMILES string of the molecule is CC1=C(C)C(C)(C)CC(OP(=O)(O)OC[C@H](O)C2OC(=O)C(O)=C2O)C1=O. The molecule has 1 aliphatic heterocycles. The summed E-state index contributed by atoms with van der Waals surface area (Å²) in [5.41, 5.74) is 0.884. The van der Waals surface area contributed by atoms with Crippen LogP contribution in [0.5, 0.6) is 0 Å². The monoisotopic (exact) mass is 406 g/mol. The molecule has 27 heavy (non-hydrogen) atoms. The van der Waals surface area contributed by atoms with E-state index < -0.39 is 61.4 Å². The Morgan fingerprint density at radius 1 is 1.30 bits per heavy atom. The Kier molecular flexibility index (Phi) is 5.89. The Labute approximate surface area is 155 Å². The van der Waals surface area contributed by atoms with Crippen LogP contribution < -0.4 is 0 Å². The minimum atomic E-state index is -4.75.